The first-order chi connectivity index (χ1) is 7.65. The SMILES string of the molecule is CCCn1nncc1C1(O)CCC(C)CC1. The fourth-order valence-corrected chi connectivity index (χ4v) is 2.49. The van der Waals surface area contributed by atoms with Crippen molar-refractivity contribution < 1.29 is 5.11 Å². The average Bonchev–Trinajstić information content (AvgIpc) is 2.72. The monoisotopic (exact) mass is 223 g/mol. The fraction of sp³-hybridized carbons (Fsp3) is 0.833. The van der Waals surface area contributed by atoms with Gasteiger partial charge in [0.25, 0.3) is 0 Å². The van der Waals surface area contributed by atoms with E-state index in [0.29, 0.717) is 0 Å². The molecule has 1 aliphatic carbocycles. The van der Waals surface area contributed by atoms with Crippen molar-refractivity contribution in [2.75, 3.05) is 0 Å². The van der Waals surface area contributed by atoms with Crippen LogP contribution in [-0.4, -0.2) is 20.1 Å². The Hall–Kier alpha value is -0.900. The quantitative estimate of drug-likeness (QED) is 0.853. The summed E-state index contributed by atoms with van der Waals surface area (Å²) in [5, 5.41) is 18.6. The van der Waals surface area contributed by atoms with Crippen LogP contribution in [0.2, 0.25) is 0 Å². The molecule has 0 spiro atoms. The van der Waals surface area contributed by atoms with Gasteiger partial charge >= 0.3 is 0 Å². The summed E-state index contributed by atoms with van der Waals surface area (Å²) in [5.41, 5.74) is 0.215. The molecule has 16 heavy (non-hydrogen) atoms. The topological polar surface area (TPSA) is 50.9 Å². The van der Waals surface area contributed by atoms with Gasteiger partial charge < -0.3 is 5.11 Å². The summed E-state index contributed by atoms with van der Waals surface area (Å²) in [4.78, 5) is 0. The van der Waals surface area contributed by atoms with Crippen molar-refractivity contribution >= 4 is 0 Å². The summed E-state index contributed by atoms with van der Waals surface area (Å²) in [7, 11) is 0. The molecule has 0 aromatic carbocycles. The summed E-state index contributed by atoms with van der Waals surface area (Å²) in [6.45, 7) is 5.20. The molecule has 1 aliphatic rings. The summed E-state index contributed by atoms with van der Waals surface area (Å²) >= 11 is 0. The van der Waals surface area contributed by atoms with Crippen LogP contribution in [0.1, 0.15) is 51.6 Å². The average molecular weight is 223 g/mol. The van der Waals surface area contributed by atoms with Gasteiger partial charge in [0.05, 0.1) is 11.9 Å². The molecule has 1 heterocycles. The summed E-state index contributed by atoms with van der Waals surface area (Å²) in [6, 6.07) is 0. The van der Waals surface area contributed by atoms with Crippen molar-refractivity contribution in [2.45, 2.75) is 58.1 Å². The Labute approximate surface area is 96.7 Å². The first kappa shape index (κ1) is 11.6. The molecule has 90 valence electrons. The maximum atomic E-state index is 10.7. The van der Waals surface area contributed by atoms with Crippen LogP contribution in [0.4, 0.5) is 0 Å². The second-order valence-corrected chi connectivity index (χ2v) is 5.06. The van der Waals surface area contributed by atoms with E-state index in [4.69, 9.17) is 0 Å². The molecule has 0 aliphatic heterocycles. The lowest BCUT2D eigenvalue weighted by atomic mass is 9.78. The molecule has 1 aromatic heterocycles. The normalized spacial score (nSPS) is 30.6. The van der Waals surface area contributed by atoms with Crippen LogP contribution in [0.3, 0.4) is 0 Å². The minimum absolute atomic E-state index is 0.689. The van der Waals surface area contributed by atoms with Gasteiger partial charge in [0.1, 0.15) is 5.60 Å². The van der Waals surface area contributed by atoms with Crippen LogP contribution in [0.25, 0.3) is 0 Å². The first-order valence-electron chi connectivity index (χ1n) is 6.27. The predicted molar refractivity (Wildman–Crippen MR) is 61.8 cm³/mol. The molecule has 1 saturated carbocycles. The smallest absolute Gasteiger partial charge is 0.108 e. The molecule has 0 amide bonds. The van der Waals surface area contributed by atoms with Crippen LogP contribution in [0, 0.1) is 5.92 Å². The lowest BCUT2D eigenvalue weighted by molar-refractivity contribution is -0.0197. The van der Waals surface area contributed by atoms with E-state index >= 15 is 0 Å². The molecule has 0 atom stereocenters. The van der Waals surface area contributed by atoms with Crippen LogP contribution in [0.5, 0.6) is 0 Å². The lowest BCUT2D eigenvalue weighted by Crippen LogP contribution is -2.33. The van der Waals surface area contributed by atoms with Gasteiger partial charge in [-0.15, -0.1) is 5.10 Å². The number of nitrogens with zero attached hydrogens (tertiary/aromatic N) is 3. The zero-order chi connectivity index (χ0) is 11.6. The molecule has 4 nitrogen and oxygen atoms in total. The Kier molecular flexibility index (Phi) is 3.28. The van der Waals surface area contributed by atoms with E-state index in [1.807, 2.05) is 4.68 Å². The van der Waals surface area contributed by atoms with E-state index in [0.717, 1.165) is 50.3 Å². The van der Waals surface area contributed by atoms with Crippen molar-refractivity contribution in [2.24, 2.45) is 5.92 Å². The largest absolute Gasteiger partial charge is 0.384 e. The number of hydrogen-bond acceptors (Lipinski definition) is 3. The standard InChI is InChI=1S/C12H21N3O/c1-3-8-15-11(9-13-14-15)12(16)6-4-10(2)5-7-12/h9-10,16H,3-8H2,1-2H3. The Morgan fingerprint density at radius 2 is 2.19 bits per heavy atom. The van der Waals surface area contributed by atoms with Crippen molar-refractivity contribution in [1.82, 2.24) is 15.0 Å². The van der Waals surface area contributed by atoms with E-state index in [-0.39, 0.29) is 0 Å². The first-order valence-corrected chi connectivity index (χ1v) is 6.27. The highest BCUT2D eigenvalue weighted by Gasteiger charge is 2.36. The van der Waals surface area contributed by atoms with Crippen LogP contribution < -0.4 is 0 Å². The van der Waals surface area contributed by atoms with E-state index in [2.05, 4.69) is 24.2 Å². The molecule has 0 radical (unpaired) electrons. The highest BCUT2D eigenvalue weighted by Crippen LogP contribution is 2.38. The summed E-state index contributed by atoms with van der Waals surface area (Å²) < 4.78 is 1.86. The Morgan fingerprint density at radius 3 is 2.81 bits per heavy atom. The highest BCUT2D eigenvalue weighted by molar-refractivity contribution is 5.09. The van der Waals surface area contributed by atoms with Crippen molar-refractivity contribution in [1.29, 1.82) is 0 Å². The van der Waals surface area contributed by atoms with Gasteiger partial charge in [0, 0.05) is 6.54 Å². The minimum Gasteiger partial charge on any atom is -0.384 e. The Bertz CT molecular complexity index is 340. The maximum absolute atomic E-state index is 10.7. The number of aryl methyl sites for hydroxylation is 1. The molecule has 2 rings (SSSR count). The molecular formula is C12H21N3O. The number of aliphatic hydroxyl groups is 1. The van der Waals surface area contributed by atoms with Crippen molar-refractivity contribution in [3.63, 3.8) is 0 Å². The zero-order valence-electron chi connectivity index (χ0n) is 10.2. The molecule has 4 heteroatoms. The van der Waals surface area contributed by atoms with E-state index in [1.165, 1.54) is 0 Å². The van der Waals surface area contributed by atoms with Gasteiger partial charge in [-0.1, -0.05) is 19.1 Å². The lowest BCUT2D eigenvalue weighted by Gasteiger charge is -2.34. The summed E-state index contributed by atoms with van der Waals surface area (Å²) in [5.74, 6) is 0.732. The van der Waals surface area contributed by atoms with Crippen LogP contribution >= 0.6 is 0 Å². The van der Waals surface area contributed by atoms with Crippen LogP contribution in [-0.2, 0) is 12.1 Å². The fourth-order valence-electron chi connectivity index (χ4n) is 2.49. The molecule has 1 fully saturated rings. The van der Waals surface area contributed by atoms with Crippen molar-refractivity contribution in [3.05, 3.63) is 11.9 Å². The zero-order valence-corrected chi connectivity index (χ0v) is 10.2. The van der Waals surface area contributed by atoms with Gasteiger partial charge in [-0.3, -0.25) is 0 Å². The van der Waals surface area contributed by atoms with Gasteiger partial charge in [0.2, 0.25) is 0 Å². The van der Waals surface area contributed by atoms with Gasteiger partial charge in [-0.25, -0.2) is 4.68 Å². The Balaban J connectivity index is 2.18. The minimum atomic E-state index is -0.689. The second kappa shape index (κ2) is 4.53. The van der Waals surface area contributed by atoms with E-state index in [1.54, 1.807) is 6.20 Å². The molecule has 1 N–H and O–H groups in total. The third-order valence-electron chi connectivity index (χ3n) is 3.63. The van der Waals surface area contributed by atoms with Crippen molar-refractivity contribution in [3.8, 4) is 0 Å². The van der Waals surface area contributed by atoms with E-state index < -0.39 is 5.60 Å². The molecule has 0 bridgehead atoms. The van der Waals surface area contributed by atoms with E-state index in [9.17, 15) is 5.11 Å². The third-order valence-corrected chi connectivity index (χ3v) is 3.63. The second-order valence-electron chi connectivity index (χ2n) is 5.06. The number of rotatable bonds is 3. The molecule has 0 saturated heterocycles. The molecular weight excluding hydrogens is 202 g/mol. The molecule has 1 aromatic rings. The number of aromatic nitrogens is 3. The highest BCUT2D eigenvalue weighted by atomic mass is 16.3. The summed E-state index contributed by atoms with van der Waals surface area (Å²) in [6.07, 6.45) is 6.60. The molecule has 0 unspecified atom stereocenters. The van der Waals surface area contributed by atoms with Gasteiger partial charge in [0.15, 0.2) is 0 Å². The Morgan fingerprint density at radius 1 is 1.50 bits per heavy atom. The van der Waals surface area contributed by atoms with Gasteiger partial charge in [-0.05, 0) is 38.0 Å². The maximum Gasteiger partial charge on any atom is 0.108 e. The third kappa shape index (κ3) is 2.12. The van der Waals surface area contributed by atoms with Crippen LogP contribution in [0.15, 0.2) is 6.20 Å². The predicted octanol–water partition coefficient (Wildman–Crippen LogP) is 2.09. The van der Waals surface area contributed by atoms with Gasteiger partial charge in [-0.2, -0.15) is 0 Å². The number of hydrogen-bond donors (Lipinski definition) is 1.